The summed E-state index contributed by atoms with van der Waals surface area (Å²) in [4.78, 5) is 21.7. The van der Waals surface area contributed by atoms with Crippen molar-refractivity contribution >= 4 is 34.9 Å². The summed E-state index contributed by atoms with van der Waals surface area (Å²) in [5.74, 6) is -1.82. The van der Waals surface area contributed by atoms with E-state index in [9.17, 15) is 46.4 Å². The molecule has 0 radical (unpaired) electrons. The summed E-state index contributed by atoms with van der Waals surface area (Å²) in [7, 11) is 0. The number of hydrogen-bond donors (Lipinski definition) is 1. The van der Waals surface area contributed by atoms with Crippen LogP contribution in [0.2, 0.25) is 5.02 Å². The lowest BCUT2D eigenvalue weighted by molar-refractivity contribution is -0.385. The van der Waals surface area contributed by atoms with Crippen LogP contribution in [-0.4, -0.2) is 16.0 Å². The topological polar surface area (TPSA) is 80.4 Å². The molecule has 0 bridgehead atoms. The van der Waals surface area contributed by atoms with Crippen LogP contribution < -0.4 is 0 Å². The molecular formula is C17H8ClF6NO4. The maximum Gasteiger partial charge on any atom is 0.416 e. The van der Waals surface area contributed by atoms with Gasteiger partial charge in [0.1, 0.15) is 0 Å². The van der Waals surface area contributed by atoms with Gasteiger partial charge in [0.05, 0.1) is 27.2 Å². The number of rotatable bonds is 4. The molecule has 0 saturated heterocycles. The zero-order valence-corrected chi connectivity index (χ0v) is 14.6. The number of carbonyl (C=O) groups is 1. The molecule has 154 valence electrons. The first kappa shape index (κ1) is 22.2. The molecule has 0 aliphatic rings. The Hall–Kier alpha value is -3.08. The first-order chi connectivity index (χ1) is 13.2. The average Bonchev–Trinajstić information content (AvgIpc) is 2.57. The number of benzene rings is 2. The Morgan fingerprint density at radius 3 is 1.93 bits per heavy atom. The molecule has 1 N–H and O–H groups in total. The molecule has 0 spiro atoms. The highest BCUT2D eigenvalue weighted by Crippen LogP contribution is 2.38. The fourth-order valence-corrected chi connectivity index (χ4v) is 2.54. The van der Waals surface area contributed by atoms with E-state index in [1.54, 1.807) is 0 Å². The number of nitro groups is 1. The third kappa shape index (κ3) is 5.25. The molecule has 0 fully saturated rings. The Labute approximate surface area is 163 Å². The van der Waals surface area contributed by atoms with Gasteiger partial charge in [-0.15, -0.1) is 0 Å². The van der Waals surface area contributed by atoms with Gasteiger partial charge in [0.25, 0.3) is 5.69 Å². The zero-order valence-electron chi connectivity index (χ0n) is 13.8. The molecular weight excluding hydrogens is 432 g/mol. The third-order valence-corrected chi connectivity index (χ3v) is 3.83. The van der Waals surface area contributed by atoms with Gasteiger partial charge in [-0.3, -0.25) is 10.1 Å². The maximum atomic E-state index is 13.0. The smallest absolute Gasteiger partial charge is 0.416 e. The predicted octanol–water partition coefficient (Wildman–Crippen LogP) is 5.91. The summed E-state index contributed by atoms with van der Waals surface area (Å²) in [6.07, 6.45) is -9.81. The van der Waals surface area contributed by atoms with Gasteiger partial charge in [0, 0.05) is 11.1 Å². The summed E-state index contributed by atoms with van der Waals surface area (Å²) < 4.78 is 77.8. The monoisotopic (exact) mass is 439 g/mol. The minimum atomic E-state index is -5.14. The highest BCUT2D eigenvalue weighted by molar-refractivity contribution is 6.31. The van der Waals surface area contributed by atoms with E-state index in [4.69, 9.17) is 11.6 Å². The molecule has 0 saturated carbocycles. The Morgan fingerprint density at radius 1 is 1.00 bits per heavy atom. The lowest BCUT2D eigenvalue weighted by atomic mass is 9.98. The van der Waals surface area contributed by atoms with Crippen molar-refractivity contribution in [2.45, 2.75) is 12.4 Å². The number of nitro benzene ring substituents is 1. The molecule has 2 aromatic carbocycles. The maximum absolute atomic E-state index is 13.0. The Balaban J connectivity index is 2.80. The van der Waals surface area contributed by atoms with Crippen LogP contribution in [-0.2, 0) is 17.1 Å². The molecule has 12 heteroatoms. The summed E-state index contributed by atoms with van der Waals surface area (Å²) in [5.41, 5.74) is -6.33. The highest BCUT2D eigenvalue weighted by Gasteiger charge is 2.37. The van der Waals surface area contributed by atoms with E-state index in [2.05, 4.69) is 0 Å². The van der Waals surface area contributed by atoms with Crippen LogP contribution in [0.5, 0.6) is 0 Å². The second-order valence-electron chi connectivity index (χ2n) is 5.62. The number of halogens is 7. The van der Waals surface area contributed by atoms with Gasteiger partial charge in [0.2, 0.25) is 0 Å². The number of carboxylic acids is 1. The molecule has 0 heterocycles. The molecule has 29 heavy (non-hydrogen) atoms. The molecule has 0 atom stereocenters. The molecule has 2 rings (SSSR count). The molecule has 0 amide bonds. The van der Waals surface area contributed by atoms with Gasteiger partial charge >= 0.3 is 18.3 Å². The van der Waals surface area contributed by atoms with Crippen LogP contribution in [0.3, 0.4) is 0 Å². The van der Waals surface area contributed by atoms with E-state index in [1.165, 1.54) is 0 Å². The van der Waals surface area contributed by atoms with E-state index >= 15 is 0 Å². The van der Waals surface area contributed by atoms with E-state index < -0.39 is 56.8 Å². The minimum absolute atomic E-state index is 0.125. The highest BCUT2D eigenvalue weighted by atomic mass is 35.5. The minimum Gasteiger partial charge on any atom is -0.478 e. The quantitative estimate of drug-likeness (QED) is 0.211. The summed E-state index contributed by atoms with van der Waals surface area (Å²) in [6, 6.07) is 3.29. The summed E-state index contributed by atoms with van der Waals surface area (Å²) >= 11 is 5.70. The van der Waals surface area contributed by atoms with Crippen LogP contribution in [0, 0.1) is 10.1 Å². The van der Waals surface area contributed by atoms with Gasteiger partial charge in [-0.2, -0.15) is 26.3 Å². The van der Waals surface area contributed by atoms with Crippen molar-refractivity contribution in [3.05, 3.63) is 73.8 Å². The lowest BCUT2D eigenvalue weighted by Gasteiger charge is -2.13. The Bertz CT molecular complexity index is 982. The third-order valence-electron chi connectivity index (χ3n) is 3.60. The fraction of sp³-hybridized carbons (Fsp3) is 0.118. The zero-order chi connectivity index (χ0) is 22.1. The standard InChI is InChI=1S/C17H8ClF6NO4/c18-11-1-2-14(25(28)29)12(7-11)13(15(26)27)5-8-3-9(16(19,20)21)6-10(4-8)17(22,23)24/h1-7H,(H,26,27)/b13-5-. The van der Waals surface area contributed by atoms with Crippen molar-refractivity contribution in [1.82, 2.24) is 0 Å². The van der Waals surface area contributed by atoms with E-state index in [1.807, 2.05) is 0 Å². The van der Waals surface area contributed by atoms with Gasteiger partial charge in [-0.05, 0) is 42.0 Å². The summed E-state index contributed by atoms with van der Waals surface area (Å²) in [6.45, 7) is 0. The number of hydrogen-bond acceptors (Lipinski definition) is 3. The molecule has 0 unspecified atom stereocenters. The second kappa shape index (κ2) is 7.74. The number of alkyl halides is 6. The first-order valence-electron chi connectivity index (χ1n) is 7.39. The predicted molar refractivity (Wildman–Crippen MR) is 90.1 cm³/mol. The largest absolute Gasteiger partial charge is 0.478 e. The van der Waals surface area contributed by atoms with E-state index in [-0.39, 0.29) is 11.1 Å². The van der Waals surface area contributed by atoms with Crippen LogP contribution in [0.15, 0.2) is 36.4 Å². The fourth-order valence-electron chi connectivity index (χ4n) is 2.37. The normalized spacial score (nSPS) is 12.7. The molecule has 0 aromatic heterocycles. The SMILES string of the molecule is O=C(O)/C(=C\c1cc(C(F)(F)F)cc(C(F)(F)F)c1)c1cc(Cl)ccc1[N+](=O)[O-]. The Morgan fingerprint density at radius 2 is 1.52 bits per heavy atom. The molecule has 0 aliphatic heterocycles. The van der Waals surface area contributed by atoms with Crippen molar-refractivity contribution in [2.24, 2.45) is 0 Å². The van der Waals surface area contributed by atoms with Gasteiger partial charge < -0.3 is 5.11 Å². The van der Waals surface area contributed by atoms with Crippen molar-refractivity contribution in [3.63, 3.8) is 0 Å². The van der Waals surface area contributed by atoms with E-state index in [0.29, 0.717) is 18.2 Å². The van der Waals surface area contributed by atoms with Crippen molar-refractivity contribution in [2.75, 3.05) is 0 Å². The van der Waals surface area contributed by atoms with Gasteiger partial charge in [-0.25, -0.2) is 4.79 Å². The van der Waals surface area contributed by atoms with Crippen molar-refractivity contribution in [3.8, 4) is 0 Å². The van der Waals surface area contributed by atoms with Crippen LogP contribution >= 0.6 is 11.6 Å². The first-order valence-corrected chi connectivity index (χ1v) is 7.76. The molecule has 5 nitrogen and oxygen atoms in total. The number of carboxylic acid groups (broad SMARTS) is 1. The average molecular weight is 440 g/mol. The van der Waals surface area contributed by atoms with Crippen LogP contribution in [0.4, 0.5) is 32.0 Å². The van der Waals surface area contributed by atoms with Crippen LogP contribution in [0.25, 0.3) is 11.6 Å². The van der Waals surface area contributed by atoms with Crippen LogP contribution in [0.1, 0.15) is 22.3 Å². The van der Waals surface area contributed by atoms with Gasteiger partial charge in [0.15, 0.2) is 0 Å². The van der Waals surface area contributed by atoms with Crippen molar-refractivity contribution in [1.29, 1.82) is 0 Å². The number of nitrogens with zero attached hydrogens (tertiary/aromatic N) is 1. The molecule has 2 aromatic rings. The molecule has 0 aliphatic carbocycles. The summed E-state index contributed by atoms with van der Waals surface area (Å²) in [5, 5.41) is 20.4. The second-order valence-corrected chi connectivity index (χ2v) is 6.06. The van der Waals surface area contributed by atoms with Gasteiger partial charge in [-0.1, -0.05) is 11.6 Å². The lowest BCUT2D eigenvalue weighted by Crippen LogP contribution is -2.11. The van der Waals surface area contributed by atoms with Crippen molar-refractivity contribution < 1.29 is 41.2 Å². The van der Waals surface area contributed by atoms with E-state index in [0.717, 1.165) is 18.2 Å². The Kier molecular flexibility index (Phi) is 5.93. The number of aliphatic carboxylic acids is 1.